The minimum atomic E-state index is -0.353. The number of hydrogen-bond donors (Lipinski definition) is 0. The topological polar surface area (TPSA) is 40.6 Å². The van der Waals surface area contributed by atoms with Crippen molar-refractivity contribution in [1.82, 2.24) is 9.80 Å². The molecule has 3 unspecified atom stereocenters. The van der Waals surface area contributed by atoms with E-state index in [4.69, 9.17) is 0 Å². The van der Waals surface area contributed by atoms with Crippen LogP contribution < -0.4 is 0 Å². The van der Waals surface area contributed by atoms with Crippen LogP contribution in [0.25, 0.3) is 0 Å². The molecule has 0 spiro atoms. The Bertz CT molecular complexity index is 554. The van der Waals surface area contributed by atoms with Gasteiger partial charge >= 0.3 is 0 Å². The highest BCUT2D eigenvalue weighted by atomic mass is 32.1. The summed E-state index contributed by atoms with van der Waals surface area (Å²) in [6, 6.07) is 3.54. The SMILES string of the molecule is Cc1ccc(C(C)N2C(=O)C3CCCN3C(=O)C2C)s1. The third kappa shape index (κ3) is 1.95. The first-order valence-electron chi connectivity index (χ1n) is 7.19. The van der Waals surface area contributed by atoms with Crippen molar-refractivity contribution < 1.29 is 9.59 Å². The largest absolute Gasteiger partial charge is 0.329 e. The first-order chi connectivity index (χ1) is 9.50. The zero-order chi connectivity index (χ0) is 14.4. The minimum Gasteiger partial charge on any atom is -0.329 e. The summed E-state index contributed by atoms with van der Waals surface area (Å²) in [6.07, 6.45) is 1.75. The predicted molar refractivity (Wildman–Crippen MR) is 78.5 cm³/mol. The Labute approximate surface area is 123 Å². The number of piperazine rings is 1. The second-order valence-electron chi connectivity index (χ2n) is 5.74. The molecule has 5 heteroatoms. The molecule has 2 fully saturated rings. The Morgan fingerprint density at radius 2 is 2.05 bits per heavy atom. The first-order valence-corrected chi connectivity index (χ1v) is 8.01. The van der Waals surface area contributed by atoms with Crippen LogP contribution in [0.3, 0.4) is 0 Å². The van der Waals surface area contributed by atoms with E-state index in [1.807, 2.05) is 13.8 Å². The highest BCUT2D eigenvalue weighted by Crippen LogP contribution is 2.34. The second kappa shape index (κ2) is 4.88. The Morgan fingerprint density at radius 1 is 1.30 bits per heavy atom. The predicted octanol–water partition coefficient (Wildman–Crippen LogP) is 2.34. The quantitative estimate of drug-likeness (QED) is 0.839. The van der Waals surface area contributed by atoms with E-state index >= 15 is 0 Å². The van der Waals surface area contributed by atoms with Gasteiger partial charge in [0.2, 0.25) is 11.8 Å². The monoisotopic (exact) mass is 292 g/mol. The fourth-order valence-electron chi connectivity index (χ4n) is 3.35. The number of carbonyl (C=O) groups excluding carboxylic acids is 2. The van der Waals surface area contributed by atoms with E-state index in [0.717, 1.165) is 24.3 Å². The maximum absolute atomic E-state index is 12.7. The Morgan fingerprint density at radius 3 is 2.70 bits per heavy atom. The maximum Gasteiger partial charge on any atom is 0.246 e. The van der Waals surface area contributed by atoms with Crippen molar-refractivity contribution in [2.24, 2.45) is 0 Å². The van der Waals surface area contributed by atoms with Crippen LogP contribution in [0.15, 0.2) is 12.1 Å². The number of hydrogen-bond acceptors (Lipinski definition) is 3. The van der Waals surface area contributed by atoms with Gasteiger partial charge in [0.15, 0.2) is 0 Å². The van der Waals surface area contributed by atoms with Crippen molar-refractivity contribution >= 4 is 23.2 Å². The molecule has 0 radical (unpaired) electrons. The molecule has 1 aromatic heterocycles. The van der Waals surface area contributed by atoms with Gasteiger partial charge in [0.05, 0.1) is 6.04 Å². The van der Waals surface area contributed by atoms with Crippen LogP contribution in [0.5, 0.6) is 0 Å². The van der Waals surface area contributed by atoms with Crippen LogP contribution >= 0.6 is 11.3 Å². The summed E-state index contributed by atoms with van der Waals surface area (Å²) < 4.78 is 0. The third-order valence-electron chi connectivity index (χ3n) is 4.44. The molecule has 1 aromatic rings. The lowest BCUT2D eigenvalue weighted by atomic mass is 10.0. The second-order valence-corrected chi connectivity index (χ2v) is 7.06. The number of nitrogens with zero attached hydrogens (tertiary/aromatic N) is 2. The number of rotatable bonds is 2. The van der Waals surface area contributed by atoms with E-state index in [9.17, 15) is 9.59 Å². The van der Waals surface area contributed by atoms with E-state index in [1.165, 1.54) is 4.88 Å². The van der Waals surface area contributed by atoms with Gasteiger partial charge < -0.3 is 9.80 Å². The lowest BCUT2D eigenvalue weighted by molar-refractivity contribution is -0.161. The van der Waals surface area contributed by atoms with Crippen molar-refractivity contribution in [2.75, 3.05) is 6.54 Å². The minimum absolute atomic E-state index is 0.0251. The average Bonchev–Trinajstić information content (AvgIpc) is 3.05. The van der Waals surface area contributed by atoms with Crippen LogP contribution in [0.4, 0.5) is 0 Å². The van der Waals surface area contributed by atoms with Crippen LogP contribution in [0.2, 0.25) is 0 Å². The number of amides is 2. The van der Waals surface area contributed by atoms with Gasteiger partial charge in [-0.1, -0.05) is 0 Å². The zero-order valence-corrected chi connectivity index (χ0v) is 12.9. The number of fused-ring (bicyclic) bond motifs is 1. The van der Waals surface area contributed by atoms with E-state index in [2.05, 4.69) is 19.1 Å². The van der Waals surface area contributed by atoms with Gasteiger partial charge in [0.25, 0.3) is 0 Å². The summed E-state index contributed by atoms with van der Waals surface area (Å²) >= 11 is 1.70. The molecule has 0 saturated carbocycles. The van der Waals surface area contributed by atoms with Gasteiger partial charge in [0.1, 0.15) is 12.1 Å². The summed E-state index contributed by atoms with van der Waals surface area (Å²) in [5, 5.41) is 0. The number of carbonyl (C=O) groups is 2. The number of aryl methyl sites for hydroxylation is 1. The van der Waals surface area contributed by atoms with Crippen molar-refractivity contribution in [3.05, 3.63) is 21.9 Å². The molecule has 2 amide bonds. The molecule has 2 aliphatic heterocycles. The lowest BCUT2D eigenvalue weighted by Gasteiger charge is -2.43. The standard InChI is InChI=1S/C15H20N2O2S/c1-9-6-7-13(20-9)10(2)17-11(3)14(18)16-8-4-5-12(16)15(17)19/h6-7,10-12H,4-5,8H2,1-3H3. The summed E-state index contributed by atoms with van der Waals surface area (Å²) in [4.78, 5) is 31.1. The number of thiophene rings is 1. The molecular weight excluding hydrogens is 272 g/mol. The summed E-state index contributed by atoms with van der Waals surface area (Å²) in [6.45, 7) is 6.68. The lowest BCUT2D eigenvalue weighted by Crippen LogP contribution is -2.62. The van der Waals surface area contributed by atoms with Crippen molar-refractivity contribution in [1.29, 1.82) is 0 Å². The van der Waals surface area contributed by atoms with Crippen LogP contribution in [0, 0.1) is 6.92 Å². The highest BCUT2D eigenvalue weighted by molar-refractivity contribution is 7.12. The van der Waals surface area contributed by atoms with E-state index in [-0.39, 0.29) is 29.9 Å². The fourth-order valence-corrected chi connectivity index (χ4v) is 4.28. The molecule has 0 aliphatic carbocycles. The molecule has 0 N–H and O–H groups in total. The van der Waals surface area contributed by atoms with Crippen molar-refractivity contribution in [2.45, 2.75) is 51.7 Å². The molecule has 4 nitrogen and oxygen atoms in total. The molecule has 108 valence electrons. The van der Waals surface area contributed by atoms with Gasteiger partial charge in [-0.2, -0.15) is 0 Å². The van der Waals surface area contributed by atoms with E-state index < -0.39 is 0 Å². The first kappa shape index (κ1) is 13.6. The highest BCUT2D eigenvalue weighted by Gasteiger charge is 2.47. The fraction of sp³-hybridized carbons (Fsp3) is 0.600. The Balaban J connectivity index is 1.91. The zero-order valence-electron chi connectivity index (χ0n) is 12.1. The summed E-state index contributed by atoms with van der Waals surface area (Å²) in [5.74, 6) is 0.223. The molecule has 0 bridgehead atoms. The van der Waals surface area contributed by atoms with E-state index in [1.54, 1.807) is 21.1 Å². The molecule has 2 aliphatic rings. The van der Waals surface area contributed by atoms with Gasteiger partial charge in [-0.3, -0.25) is 9.59 Å². The summed E-state index contributed by atoms with van der Waals surface area (Å²) in [5.41, 5.74) is 0. The van der Waals surface area contributed by atoms with Crippen LogP contribution in [-0.2, 0) is 9.59 Å². The van der Waals surface area contributed by atoms with Gasteiger partial charge in [0, 0.05) is 16.3 Å². The van der Waals surface area contributed by atoms with Crippen molar-refractivity contribution in [3.63, 3.8) is 0 Å². The van der Waals surface area contributed by atoms with Crippen LogP contribution in [-0.4, -0.2) is 40.2 Å². The molecule has 3 heterocycles. The smallest absolute Gasteiger partial charge is 0.246 e. The molecule has 0 aromatic carbocycles. The normalized spacial score (nSPS) is 27.9. The molecule has 3 atom stereocenters. The maximum atomic E-state index is 12.7. The summed E-state index contributed by atoms with van der Waals surface area (Å²) in [7, 11) is 0. The average molecular weight is 292 g/mol. The van der Waals surface area contributed by atoms with Crippen LogP contribution in [0.1, 0.15) is 42.5 Å². The molecule has 20 heavy (non-hydrogen) atoms. The Kier molecular flexibility index (Phi) is 3.32. The van der Waals surface area contributed by atoms with Gasteiger partial charge in [-0.05, 0) is 45.7 Å². The molecule has 3 rings (SSSR count). The molecular formula is C15H20N2O2S. The third-order valence-corrected chi connectivity index (χ3v) is 5.61. The van der Waals surface area contributed by atoms with E-state index in [0.29, 0.717) is 0 Å². The van der Waals surface area contributed by atoms with Gasteiger partial charge in [-0.15, -0.1) is 11.3 Å². The van der Waals surface area contributed by atoms with Crippen molar-refractivity contribution in [3.8, 4) is 0 Å². The Hall–Kier alpha value is -1.36. The van der Waals surface area contributed by atoms with Gasteiger partial charge in [-0.25, -0.2) is 0 Å². The molecule has 2 saturated heterocycles.